The van der Waals surface area contributed by atoms with Crippen LogP contribution in [0.3, 0.4) is 0 Å². The van der Waals surface area contributed by atoms with Crippen LogP contribution < -0.4 is 18.9 Å². The molecule has 0 spiro atoms. The highest BCUT2D eigenvalue weighted by molar-refractivity contribution is 5.45. The maximum Gasteiger partial charge on any atom is 0.161 e. The number of methoxy groups -OCH3 is 4. The number of ether oxygens (including phenoxy) is 6. The van der Waals surface area contributed by atoms with E-state index in [2.05, 4.69) is 0 Å². The van der Waals surface area contributed by atoms with E-state index in [0.717, 1.165) is 11.1 Å². The second-order valence-electron chi connectivity index (χ2n) is 7.28. The Morgan fingerprint density at radius 2 is 0.967 bits per heavy atom. The molecule has 2 aromatic rings. The predicted octanol–water partition coefficient (Wildman–Crippen LogP) is 2.43. The van der Waals surface area contributed by atoms with Crippen LogP contribution in [0.15, 0.2) is 36.4 Å². The zero-order chi connectivity index (χ0) is 21.4. The average Bonchev–Trinajstić information content (AvgIpc) is 3.30. The van der Waals surface area contributed by atoms with Crippen molar-refractivity contribution >= 4 is 0 Å². The molecule has 8 nitrogen and oxygen atoms in total. The number of hydrogen-bond donors (Lipinski definition) is 2. The summed E-state index contributed by atoms with van der Waals surface area (Å²) in [6.07, 6.45) is -3.35. The molecule has 4 rings (SSSR count). The quantitative estimate of drug-likeness (QED) is 0.739. The van der Waals surface area contributed by atoms with E-state index in [4.69, 9.17) is 28.4 Å². The van der Waals surface area contributed by atoms with Crippen molar-refractivity contribution in [3.63, 3.8) is 0 Å². The Kier molecular flexibility index (Phi) is 5.75. The first kappa shape index (κ1) is 20.7. The van der Waals surface area contributed by atoms with Crippen LogP contribution in [0.25, 0.3) is 0 Å². The molecule has 2 N–H and O–H groups in total. The normalized spacial score (nSPS) is 30.1. The molecule has 0 aromatic heterocycles. The van der Waals surface area contributed by atoms with Crippen molar-refractivity contribution in [2.45, 2.75) is 24.8 Å². The second-order valence-corrected chi connectivity index (χ2v) is 7.28. The van der Waals surface area contributed by atoms with Crippen molar-refractivity contribution in [1.82, 2.24) is 0 Å². The van der Waals surface area contributed by atoms with Crippen LogP contribution >= 0.6 is 0 Å². The molecule has 0 saturated carbocycles. The van der Waals surface area contributed by atoms with Crippen LogP contribution in [0.2, 0.25) is 0 Å². The first-order valence-electron chi connectivity index (χ1n) is 9.63. The molecular weight excluding hydrogens is 392 g/mol. The molecule has 30 heavy (non-hydrogen) atoms. The molecule has 2 aliphatic rings. The lowest BCUT2D eigenvalue weighted by Gasteiger charge is -2.21. The van der Waals surface area contributed by atoms with Gasteiger partial charge in [-0.05, 0) is 35.4 Å². The lowest BCUT2D eigenvalue weighted by Crippen LogP contribution is -2.23. The van der Waals surface area contributed by atoms with Crippen molar-refractivity contribution in [2.24, 2.45) is 11.8 Å². The van der Waals surface area contributed by atoms with E-state index in [1.165, 1.54) is 0 Å². The molecule has 6 atom stereocenters. The van der Waals surface area contributed by atoms with E-state index in [0.29, 0.717) is 23.0 Å². The maximum absolute atomic E-state index is 10.7. The van der Waals surface area contributed by atoms with Gasteiger partial charge in [0.25, 0.3) is 0 Å². The molecule has 0 amide bonds. The minimum Gasteiger partial charge on any atom is -0.493 e. The van der Waals surface area contributed by atoms with Gasteiger partial charge in [0.05, 0.1) is 52.5 Å². The molecule has 2 saturated heterocycles. The van der Waals surface area contributed by atoms with Crippen molar-refractivity contribution in [1.29, 1.82) is 0 Å². The average molecular weight is 418 g/mol. The van der Waals surface area contributed by atoms with Crippen LogP contribution in [-0.2, 0) is 9.47 Å². The Labute approximate surface area is 174 Å². The topological polar surface area (TPSA) is 95.8 Å². The summed E-state index contributed by atoms with van der Waals surface area (Å²) in [6, 6.07) is 10.8. The summed E-state index contributed by atoms with van der Waals surface area (Å²) in [7, 11) is 6.22. The highest BCUT2D eigenvalue weighted by Crippen LogP contribution is 2.55. The van der Waals surface area contributed by atoms with Crippen LogP contribution in [0.4, 0.5) is 0 Å². The summed E-state index contributed by atoms with van der Waals surface area (Å²) in [4.78, 5) is 0. The molecule has 2 aromatic carbocycles. The smallest absolute Gasteiger partial charge is 0.161 e. The molecule has 0 unspecified atom stereocenters. The second kappa shape index (κ2) is 8.31. The van der Waals surface area contributed by atoms with Gasteiger partial charge >= 0.3 is 0 Å². The number of hydrogen-bond acceptors (Lipinski definition) is 8. The van der Waals surface area contributed by atoms with Crippen LogP contribution in [0, 0.1) is 11.8 Å². The minimum atomic E-state index is -1.11. The third-order valence-corrected chi connectivity index (χ3v) is 5.85. The van der Waals surface area contributed by atoms with Gasteiger partial charge in [0.15, 0.2) is 35.6 Å². The minimum absolute atomic E-state index is 0.462. The van der Waals surface area contributed by atoms with Crippen molar-refractivity contribution in [3.05, 3.63) is 47.5 Å². The number of aliphatic hydroxyl groups excluding tert-OH is 2. The number of benzene rings is 2. The standard InChI is InChI=1S/C22H26O8/c1-25-13-7-5-11(9-15(13)27-3)19-17-18(22(24)29-19)20(30-21(17)23)12-6-8-14(26-2)16(10-12)28-4/h5-10,17-24H,1-4H3/t17-,18-,19-,20-,21-,22+/m0/s1. The van der Waals surface area contributed by atoms with Gasteiger partial charge in [-0.2, -0.15) is 0 Å². The highest BCUT2D eigenvalue weighted by Gasteiger charge is 2.57. The Morgan fingerprint density at radius 1 is 0.600 bits per heavy atom. The predicted molar refractivity (Wildman–Crippen MR) is 106 cm³/mol. The van der Waals surface area contributed by atoms with Crippen LogP contribution in [0.1, 0.15) is 23.3 Å². The number of rotatable bonds is 6. The summed E-state index contributed by atoms with van der Waals surface area (Å²) >= 11 is 0. The fourth-order valence-corrected chi connectivity index (χ4v) is 4.41. The van der Waals surface area contributed by atoms with Gasteiger partial charge in [-0.3, -0.25) is 0 Å². The molecule has 0 aliphatic carbocycles. The Bertz CT molecular complexity index is 827. The molecule has 8 heteroatoms. The van der Waals surface area contributed by atoms with Gasteiger partial charge in [-0.1, -0.05) is 12.1 Å². The molecule has 162 valence electrons. The molecule has 2 fully saturated rings. The third kappa shape index (κ3) is 3.35. The lowest BCUT2D eigenvalue weighted by atomic mass is 9.83. The summed E-state index contributed by atoms with van der Waals surface area (Å²) in [5, 5.41) is 21.4. The Hall–Kier alpha value is -2.52. The van der Waals surface area contributed by atoms with Crippen LogP contribution in [-0.4, -0.2) is 51.2 Å². The van der Waals surface area contributed by atoms with Crippen molar-refractivity contribution < 1.29 is 38.6 Å². The first-order chi connectivity index (χ1) is 14.5. The molecule has 0 bridgehead atoms. The van der Waals surface area contributed by atoms with Crippen molar-refractivity contribution in [3.8, 4) is 23.0 Å². The monoisotopic (exact) mass is 418 g/mol. The van der Waals surface area contributed by atoms with E-state index < -0.39 is 36.6 Å². The summed E-state index contributed by atoms with van der Waals surface area (Å²) in [5.74, 6) is 1.33. The molecule has 2 heterocycles. The SMILES string of the molecule is COc1ccc([C@@H]2O[C@H](O)[C@H]3[C@@H]2[C@H](O)O[C@H]3c2ccc(OC)c(OC)c2)cc1OC. The molecule has 0 radical (unpaired) electrons. The highest BCUT2D eigenvalue weighted by atomic mass is 16.7. The van der Waals surface area contributed by atoms with Gasteiger partial charge in [0.1, 0.15) is 0 Å². The summed E-state index contributed by atoms with van der Waals surface area (Å²) < 4.78 is 33.1. The number of aliphatic hydroxyl groups is 2. The summed E-state index contributed by atoms with van der Waals surface area (Å²) in [5.41, 5.74) is 1.52. The lowest BCUT2D eigenvalue weighted by molar-refractivity contribution is -0.173. The number of fused-ring (bicyclic) bond motifs is 1. The summed E-state index contributed by atoms with van der Waals surface area (Å²) in [6.45, 7) is 0. The van der Waals surface area contributed by atoms with Gasteiger partial charge < -0.3 is 38.6 Å². The maximum atomic E-state index is 10.7. The largest absolute Gasteiger partial charge is 0.493 e. The van der Waals surface area contributed by atoms with E-state index in [1.807, 2.05) is 12.1 Å². The van der Waals surface area contributed by atoms with E-state index in [9.17, 15) is 10.2 Å². The van der Waals surface area contributed by atoms with E-state index in [-0.39, 0.29) is 0 Å². The van der Waals surface area contributed by atoms with Gasteiger partial charge in [0, 0.05) is 0 Å². The Balaban J connectivity index is 1.66. The van der Waals surface area contributed by atoms with Crippen molar-refractivity contribution in [2.75, 3.05) is 28.4 Å². The zero-order valence-electron chi connectivity index (χ0n) is 17.3. The Morgan fingerprint density at radius 3 is 1.30 bits per heavy atom. The third-order valence-electron chi connectivity index (χ3n) is 5.85. The molecular formula is C22H26O8. The zero-order valence-corrected chi connectivity index (χ0v) is 17.3. The van der Waals surface area contributed by atoms with Gasteiger partial charge in [-0.15, -0.1) is 0 Å². The fraction of sp³-hybridized carbons (Fsp3) is 0.455. The van der Waals surface area contributed by atoms with Crippen LogP contribution in [0.5, 0.6) is 23.0 Å². The molecule has 2 aliphatic heterocycles. The first-order valence-corrected chi connectivity index (χ1v) is 9.63. The van der Waals surface area contributed by atoms with Gasteiger partial charge in [0.2, 0.25) is 0 Å². The fourth-order valence-electron chi connectivity index (χ4n) is 4.41. The van der Waals surface area contributed by atoms with E-state index in [1.54, 1.807) is 52.7 Å². The van der Waals surface area contributed by atoms with E-state index >= 15 is 0 Å². The van der Waals surface area contributed by atoms with Gasteiger partial charge in [-0.25, -0.2) is 0 Å².